The number of amides is 1. The summed E-state index contributed by atoms with van der Waals surface area (Å²) in [5, 5.41) is 12.3. The molecule has 0 aliphatic heterocycles. The number of fused-ring (bicyclic) bond motifs is 7. The van der Waals surface area contributed by atoms with Gasteiger partial charge in [0.15, 0.2) is 0 Å². The van der Waals surface area contributed by atoms with E-state index in [0.29, 0.717) is 43.1 Å². The molecule has 4 fully saturated rings. The molecule has 43 heavy (non-hydrogen) atoms. The average Bonchev–Trinajstić information content (AvgIpc) is 2.92. The number of carbonyl (C=O) groups excluding carboxylic acids is 2. The van der Waals surface area contributed by atoms with Crippen LogP contribution >= 0.6 is 0 Å². The van der Waals surface area contributed by atoms with Crippen LogP contribution in [-0.2, 0) is 19.1 Å². The largest absolute Gasteiger partial charge is 0.481 e. The van der Waals surface area contributed by atoms with Crippen LogP contribution in [0.25, 0.3) is 0 Å². The fraction of sp³-hybridized carbons (Fsp3) is 0.865. The Morgan fingerprint density at radius 1 is 0.930 bits per heavy atom. The first kappa shape index (κ1) is 32.5. The highest BCUT2D eigenvalue weighted by Crippen LogP contribution is 2.75. The van der Waals surface area contributed by atoms with Gasteiger partial charge in [-0.1, -0.05) is 60.1 Å². The summed E-state index contributed by atoms with van der Waals surface area (Å²) in [6.07, 6.45) is 13.6. The molecule has 5 aliphatic carbocycles. The van der Waals surface area contributed by atoms with Crippen LogP contribution in [0.2, 0.25) is 0 Å². The first-order chi connectivity index (χ1) is 20.0. The van der Waals surface area contributed by atoms with Crippen molar-refractivity contribution in [1.82, 2.24) is 5.32 Å². The predicted molar refractivity (Wildman–Crippen MR) is 169 cm³/mol. The number of esters is 1. The molecule has 5 rings (SSSR count). The molecule has 6 nitrogen and oxygen atoms in total. The Morgan fingerprint density at radius 2 is 1.65 bits per heavy atom. The number of carbonyl (C=O) groups is 3. The minimum atomic E-state index is -0.772. The van der Waals surface area contributed by atoms with E-state index >= 15 is 0 Å². The van der Waals surface area contributed by atoms with Crippen molar-refractivity contribution >= 4 is 17.8 Å². The Labute approximate surface area is 260 Å². The molecular weight excluding hydrogens is 538 g/mol. The lowest BCUT2D eigenvalue weighted by atomic mass is 9.33. The minimum Gasteiger partial charge on any atom is -0.481 e. The van der Waals surface area contributed by atoms with Crippen molar-refractivity contribution in [3.63, 3.8) is 0 Å². The normalized spacial score (nSPS) is 44.9. The zero-order valence-electron chi connectivity index (χ0n) is 28.3. The van der Waals surface area contributed by atoms with Gasteiger partial charge in [-0.05, 0) is 116 Å². The van der Waals surface area contributed by atoms with E-state index in [1.807, 2.05) is 0 Å². The fourth-order valence-electron chi connectivity index (χ4n) is 12.0. The highest BCUT2D eigenvalue weighted by atomic mass is 16.5. The Bertz CT molecular complexity index is 1160. The zero-order valence-corrected chi connectivity index (χ0v) is 28.3. The van der Waals surface area contributed by atoms with E-state index in [4.69, 9.17) is 9.84 Å². The van der Waals surface area contributed by atoms with E-state index in [1.165, 1.54) is 6.42 Å². The van der Waals surface area contributed by atoms with Crippen molar-refractivity contribution in [2.45, 2.75) is 139 Å². The molecule has 0 bridgehead atoms. The molecule has 0 saturated heterocycles. The van der Waals surface area contributed by atoms with Crippen LogP contribution in [0, 0.1) is 56.7 Å². The molecule has 5 aliphatic rings. The SMILES string of the molecule is CC(=O)O[C@H]1CC[C@]2(C)[C@H]3CC=C4[C@@H]5[C@@H](C)[C@H](C)CC[C@]5(C(=O)NCCCCC(=O)O)CC[C@@]4(C)[C@]3(C)CC[C@H]2C1(C)C. The van der Waals surface area contributed by atoms with E-state index in [9.17, 15) is 14.4 Å². The highest BCUT2D eigenvalue weighted by Gasteiger charge is 2.69. The summed E-state index contributed by atoms with van der Waals surface area (Å²) in [5.41, 5.74) is 1.56. The van der Waals surface area contributed by atoms with Crippen LogP contribution in [-0.4, -0.2) is 35.6 Å². The zero-order chi connectivity index (χ0) is 31.6. The molecule has 0 aromatic carbocycles. The maximum atomic E-state index is 14.2. The summed E-state index contributed by atoms with van der Waals surface area (Å²) in [5.74, 6) is 1.65. The van der Waals surface area contributed by atoms with Crippen molar-refractivity contribution in [3.8, 4) is 0 Å². The van der Waals surface area contributed by atoms with E-state index in [-0.39, 0.29) is 57.4 Å². The monoisotopic (exact) mass is 597 g/mol. The van der Waals surface area contributed by atoms with E-state index in [2.05, 4.69) is 59.9 Å². The summed E-state index contributed by atoms with van der Waals surface area (Å²) >= 11 is 0. The van der Waals surface area contributed by atoms with Crippen LogP contribution in [0.15, 0.2) is 11.6 Å². The molecule has 0 unspecified atom stereocenters. The maximum absolute atomic E-state index is 14.2. The van der Waals surface area contributed by atoms with E-state index in [1.54, 1.807) is 12.5 Å². The van der Waals surface area contributed by atoms with Gasteiger partial charge in [-0.25, -0.2) is 0 Å². The molecule has 6 heteroatoms. The molecule has 0 aromatic heterocycles. The molecule has 0 spiro atoms. The molecule has 10 atom stereocenters. The number of carboxylic acids is 1. The van der Waals surface area contributed by atoms with Gasteiger partial charge in [-0.2, -0.15) is 0 Å². The number of ether oxygens (including phenoxy) is 1. The van der Waals surface area contributed by atoms with Gasteiger partial charge in [0.05, 0.1) is 5.41 Å². The second-order valence-corrected chi connectivity index (χ2v) is 16.9. The van der Waals surface area contributed by atoms with E-state index in [0.717, 1.165) is 51.4 Å². The Morgan fingerprint density at radius 3 is 2.33 bits per heavy atom. The highest BCUT2D eigenvalue weighted by molar-refractivity contribution is 5.84. The first-order valence-electron chi connectivity index (χ1n) is 17.4. The summed E-state index contributed by atoms with van der Waals surface area (Å²) < 4.78 is 5.92. The number of allylic oxidation sites excluding steroid dienone is 2. The second-order valence-electron chi connectivity index (χ2n) is 16.9. The summed E-state index contributed by atoms with van der Waals surface area (Å²) in [6.45, 7) is 19.3. The maximum Gasteiger partial charge on any atom is 0.303 e. The van der Waals surface area contributed by atoms with Crippen molar-refractivity contribution < 1.29 is 24.2 Å². The lowest BCUT2D eigenvalue weighted by Gasteiger charge is -2.71. The van der Waals surface area contributed by atoms with Crippen molar-refractivity contribution in [2.24, 2.45) is 56.7 Å². The number of carboxylic acid groups (broad SMARTS) is 1. The lowest BCUT2D eigenvalue weighted by molar-refractivity contribution is -0.212. The number of hydrogen-bond acceptors (Lipinski definition) is 4. The second kappa shape index (κ2) is 11.2. The van der Waals surface area contributed by atoms with Crippen LogP contribution in [0.3, 0.4) is 0 Å². The minimum absolute atomic E-state index is 0.0137. The van der Waals surface area contributed by atoms with Crippen LogP contribution in [0.1, 0.15) is 132 Å². The molecule has 1 amide bonds. The smallest absolute Gasteiger partial charge is 0.303 e. The summed E-state index contributed by atoms with van der Waals surface area (Å²) in [6, 6.07) is 0. The fourth-order valence-corrected chi connectivity index (χ4v) is 12.0. The van der Waals surface area contributed by atoms with Crippen molar-refractivity contribution in [2.75, 3.05) is 6.54 Å². The molecule has 0 radical (unpaired) electrons. The number of hydrogen-bond donors (Lipinski definition) is 2. The van der Waals surface area contributed by atoms with Crippen LogP contribution in [0.5, 0.6) is 0 Å². The third kappa shape index (κ3) is 4.90. The summed E-state index contributed by atoms with van der Waals surface area (Å²) in [4.78, 5) is 37.1. The van der Waals surface area contributed by atoms with Gasteiger partial charge in [-0.15, -0.1) is 0 Å². The molecule has 4 saturated carbocycles. The quantitative estimate of drug-likeness (QED) is 0.177. The van der Waals surface area contributed by atoms with E-state index < -0.39 is 5.97 Å². The Hall–Kier alpha value is -1.85. The number of aliphatic carboxylic acids is 1. The molecule has 0 aromatic rings. The first-order valence-corrected chi connectivity index (χ1v) is 17.4. The van der Waals surface area contributed by atoms with Gasteiger partial charge >= 0.3 is 11.9 Å². The Kier molecular flexibility index (Phi) is 8.47. The van der Waals surface area contributed by atoms with Gasteiger partial charge < -0.3 is 15.2 Å². The standard InChI is InChI=1S/C37H59NO5/c1-23-14-19-37(32(42)38-22-10-9-11-30(40)41)21-20-35(7)26(31(37)24(23)2)12-13-28-34(6)17-16-29(43-25(3)39)33(4,5)27(34)15-18-36(28,35)8/h12,23-24,27-29,31H,9-11,13-22H2,1-8H3,(H,38,42)(H,40,41)/t23-,24+,27+,28-,29+,31+,34+,35-,36-,37+/m1/s1. The Balaban J connectivity index is 1.46. The summed E-state index contributed by atoms with van der Waals surface area (Å²) in [7, 11) is 0. The van der Waals surface area contributed by atoms with Gasteiger partial charge in [0.1, 0.15) is 6.10 Å². The topological polar surface area (TPSA) is 92.7 Å². The van der Waals surface area contributed by atoms with Gasteiger partial charge in [-0.3, -0.25) is 14.4 Å². The van der Waals surface area contributed by atoms with Gasteiger partial charge in [0, 0.05) is 25.3 Å². The number of unbranched alkanes of at least 4 members (excludes halogenated alkanes) is 1. The lowest BCUT2D eigenvalue weighted by Crippen LogP contribution is -2.66. The molecule has 2 N–H and O–H groups in total. The third-order valence-electron chi connectivity index (χ3n) is 14.8. The number of rotatable bonds is 7. The molecule has 0 heterocycles. The van der Waals surface area contributed by atoms with Crippen molar-refractivity contribution in [1.29, 1.82) is 0 Å². The van der Waals surface area contributed by atoms with Crippen molar-refractivity contribution in [3.05, 3.63) is 11.6 Å². The van der Waals surface area contributed by atoms with Gasteiger partial charge in [0.25, 0.3) is 0 Å². The molecule has 242 valence electrons. The molecular formula is C37H59NO5. The predicted octanol–water partition coefficient (Wildman–Crippen LogP) is 7.95. The van der Waals surface area contributed by atoms with Crippen LogP contribution < -0.4 is 5.32 Å². The van der Waals surface area contributed by atoms with Crippen LogP contribution in [0.4, 0.5) is 0 Å². The third-order valence-corrected chi connectivity index (χ3v) is 14.8. The number of nitrogens with one attached hydrogen (secondary N) is 1. The van der Waals surface area contributed by atoms with Gasteiger partial charge in [0.2, 0.25) is 5.91 Å². The average molecular weight is 598 g/mol.